The van der Waals surface area contributed by atoms with Crippen LogP contribution in [-0.4, -0.2) is 21.5 Å². The monoisotopic (exact) mass is 521 g/mol. The van der Waals surface area contributed by atoms with E-state index in [9.17, 15) is 9.59 Å². The molecule has 10 heteroatoms. The van der Waals surface area contributed by atoms with Gasteiger partial charge in [-0.3, -0.25) is 9.59 Å². The van der Waals surface area contributed by atoms with E-state index in [4.69, 9.17) is 58.6 Å². The summed E-state index contributed by atoms with van der Waals surface area (Å²) < 4.78 is 1.43. The molecule has 0 aliphatic rings. The molecule has 0 N–H and O–H groups in total. The second-order valence-electron chi connectivity index (χ2n) is 6.57. The van der Waals surface area contributed by atoms with E-state index in [1.165, 1.54) is 47.3 Å². The topological polar surface area (TPSA) is 55.2 Å². The highest BCUT2D eigenvalue weighted by molar-refractivity contribution is 7.71. The van der Waals surface area contributed by atoms with Gasteiger partial charge in [0.05, 0.1) is 21.2 Å². The molecule has 0 spiro atoms. The number of hydrogen-bond donors (Lipinski definition) is 0. The van der Waals surface area contributed by atoms with E-state index in [1.54, 1.807) is 24.3 Å². The molecular formula is C22H11Cl4N3O2S. The Kier molecular flexibility index (Phi) is 6.51. The summed E-state index contributed by atoms with van der Waals surface area (Å²) in [7, 11) is 0. The number of carbonyl (C=O) groups is 2. The molecule has 0 aliphatic carbocycles. The molecule has 0 saturated heterocycles. The van der Waals surface area contributed by atoms with E-state index >= 15 is 0 Å². The zero-order chi connectivity index (χ0) is 23.0. The van der Waals surface area contributed by atoms with E-state index < -0.39 is 11.8 Å². The number of benzene rings is 2. The van der Waals surface area contributed by atoms with Gasteiger partial charge in [0.25, 0.3) is 11.8 Å². The summed E-state index contributed by atoms with van der Waals surface area (Å²) in [5, 5.41) is 2.35. The number of amides is 2. The molecule has 0 bridgehead atoms. The number of fused-ring (bicyclic) bond motifs is 1. The summed E-state index contributed by atoms with van der Waals surface area (Å²) in [6, 6.07) is 15.5. The summed E-state index contributed by atoms with van der Waals surface area (Å²) in [4.78, 5) is 31.7. The number of hydrogen-bond acceptors (Lipinski definition) is 4. The molecule has 32 heavy (non-hydrogen) atoms. The lowest BCUT2D eigenvalue weighted by Gasteiger charge is -2.25. The standard InChI is InChI=1S/C22H11Cl4N3O2S/c23-13-4-6-15(17(25)10-13)21(30)29(22(31)16-7-5-14(24)11-18(16)26)28-19(32)8-3-12-2-1-9-27-20(12)28/h1-11H. The van der Waals surface area contributed by atoms with E-state index in [0.717, 1.165) is 5.01 Å². The number of aromatic nitrogens is 2. The fraction of sp³-hybridized carbons (Fsp3) is 0. The molecule has 0 fully saturated rings. The Morgan fingerprint density at radius 3 is 1.91 bits per heavy atom. The Morgan fingerprint density at radius 1 is 0.812 bits per heavy atom. The number of halogens is 4. The Labute approximate surface area is 207 Å². The molecule has 0 unspecified atom stereocenters. The Hall–Kier alpha value is -2.48. The van der Waals surface area contributed by atoms with E-state index in [1.807, 2.05) is 0 Å². The second kappa shape index (κ2) is 9.17. The van der Waals surface area contributed by atoms with Gasteiger partial charge < -0.3 is 0 Å². The lowest BCUT2D eigenvalue weighted by Crippen LogP contribution is -2.46. The van der Waals surface area contributed by atoms with Crippen LogP contribution in [0.4, 0.5) is 0 Å². The molecule has 2 heterocycles. The third-order valence-corrected chi connectivity index (χ3v) is 5.94. The molecule has 5 nitrogen and oxygen atoms in total. The van der Waals surface area contributed by atoms with Crippen LogP contribution in [0.2, 0.25) is 20.1 Å². The second-order valence-corrected chi connectivity index (χ2v) is 8.68. The number of nitrogens with zero attached hydrogens (tertiary/aromatic N) is 3. The Morgan fingerprint density at radius 2 is 1.38 bits per heavy atom. The lowest BCUT2D eigenvalue weighted by atomic mass is 10.1. The minimum Gasteiger partial charge on any atom is -0.267 e. The Bertz CT molecular complexity index is 1390. The number of pyridine rings is 2. The minimum atomic E-state index is -0.739. The predicted octanol–water partition coefficient (Wildman–Crippen LogP) is 7.00. The maximum Gasteiger partial charge on any atom is 0.281 e. The molecule has 2 amide bonds. The van der Waals surface area contributed by atoms with Crippen molar-refractivity contribution < 1.29 is 9.59 Å². The first kappa shape index (κ1) is 22.7. The highest BCUT2D eigenvalue weighted by atomic mass is 35.5. The first-order valence-electron chi connectivity index (χ1n) is 9.04. The summed E-state index contributed by atoms with van der Waals surface area (Å²) in [5.74, 6) is -1.48. The Balaban J connectivity index is 2.00. The average molecular weight is 523 g/mol. The highest BCUT2D eigenvalue weighted by Gasteiger charge is 2.30. The van der Waals surface area contributed by atoms with Crippen molar-refractivity contribution in [1.29, 1.82) is 0 Å². The van der Waals surface area contributed by atoms with Crippen LogP contribution in [-0.2, 0) is 0 Å². The minimum absolute atomic E-state index is 0.0457. The van der Waals surface area contributed by atoms with Crippen molar-refractivity contribution in [3.05, 3.63) is 103 Å². The molecule has 2 aromatic carbocycles. The van der Waals surface area contributed by atoms with Crippen LogP contribution >= 0.6 is 58.6 Å². The van der Waals surface area contributed by atoms with Gasteiger partial charge in [-0.2, -0.15) is 5.01 Å². The smallest absolute Gasteiger partial charge is 0.267 e. The molecule has 4 rings (SSSR count). The van der Waals surface area contributed by atoms with Crippen molar-refractivity contribution in [3.8, 4) is 0 Å². The van der Waals surface area contributed by atoms with E-state index in [2.05, 4.69) is 4.98 Å². The molecule has 4 aromatic rings. The van der Waals surface area contributed by atoms with E-state index in [0.29, 0.717) is 21.1 Å². The van der Waals surface area contributed by atoms with Crippen LogP contribution in [0.15, 0.2) is 66.9 Å². The summed E-state index contributed by atoms with van der Waals surface area (Å²) >= 11 is 30.0. The van der Waals surface area contributed by atoms with Crippen molar-refractivity contribution in [3.63, 3.8) is 0 Å². The third kappa shape index (κ3) is 4.25. The highest BCUT2D eigenvalue weighted by Crippen LogP contribution is 2.26. The quantitative estimate of drug-likeness (QED) is 0.215. The molecule has 0 saturated carbocycles. The van der Waals surface area contributed by atoms with E-state index in [-0.39, 0.29) is 25.8 Å². The first-order valence-corrected chi connectivity index (χ1v) is 11.0. The van der Waals surface area contributed by atoms with Crippen molar-refractivity contribution in [2.24, 2.45) is 0 Å². The third-order valence-electron chi connectivity index (χ3n) is 4.54. The maximum absolute atomic E-state index is 13.7. The molecule has 0 radical (unpaired) electrons. The summed E-state index contributed by atoms with van der Waals surface area (Å²) in [6.07, 6.45) is 1.53. The van der Waals surface area contributed by atoms with Gasteiger partial charge in [-0.15, -0.1) is 0 Å². The van der Waals surface area contributed by atoms with Gasteiger partial charge in [-0.25, -0.2) is 9.66 Å². The van der Waals surface area contributed by atoms with Crippen LogP contribution in [0.1, 0.15) is 20.7 Å². The number of carbonyl (C=O) groups excluding carboxylic acids is 2. The molecule has 0 atom stereocenters. The van der Waals surface area contributed by atoms with Gasteiger partial charge in [0.1, 0.15) is 4.64 Å². The number of rotatable bonds is 3. The normalized spacial score (nSPS) is 10.9. The number of imide groups is 1. The largest absolute Gasteiger partial charge is 0.281 e. The van der Waals surface area contributed by atoms with Crippen molar-refractivity contribution in [2.45, 2.75) is 0 Å². The van der Waals surface area contributed by atoms with Crippen molar-refractivity contribution >= 4 is 81.5 Å². The SMILES string of the molecule is O=C(c1ccc(Cl)cc1Cl)N(C(=O)c1ccc(Cl)cc1Cl)n1c(=S)ccc2cccnc21. The van der Waals surface area contributed by atoms with Crippen LogP contribution in [0.25, 0.3) is 11.0 Å². The molecular weight excluding hydrogens is 512 g/mol. The molecule has 2 aromatic heterocycles. The van der Waals surface area contributed by atoms with Crippen LogP contribution in [0.3, 0.4) is 0 Å². The summed E-state index contributed by atoms with van der Waals surface area (Å²) in [6.45, 7) is 0. The fourth-order valence-electron chi connectivity index (χ4n) is 3.07. The maximum atomic E-state index is 13.7. The molecule has 160 valence electrons. The van der Waals surface area contributed by atoms with Crippen LogP contribution in [0.5, 0.6) is 0 Å². The average Bonchev–Trinajstić information content (AvgIpc) is 2.75. The fourth-order valence-corrected chi connectivity index (χ4v) is 4.29. The predicted molar refractivity (Wildman–Crippen MR) is 130 cm³/mol. The van der Waals surface area contributed by atoms with Gasteiger partial charge >= 0.3 is 0 Å². The van der Waals surface area contributed by atoms with Gasteiger partial charge in [-0.05, 0) is 60.7 Å². The van der Waals surface area contributed by atoms with Crippen LogP contribution in [0, 0.1) is 4.64 Å². The van der Waals surface area contributed by atoms with Gasteiger partial charge in [0, 0.05) is 21.6 Å². The molecule has 0 aliphatic heterocycles. The summed E-state index contributed by atoms with van der Waals surface area (Å²) in [5.41, 5.74) is 0.394. The van der Waals surface area contributed by atoms with Gasteiger partial charge in [0.2, 0.25) is 0 Å². The zero-order valence-corrected chi connectivity index (χ0v) is 19.8. The van der Waals surface area contributed by atoms with Gasteiger partial charge in [0.15, 0.2) is 5.65 Å². The first-order chi connectivity index (χ1) is 15.3. The van der Waals surface area contributed by atoms with Crippen LogP contribution < -0.4 is 5.01 Å². The van der Waals surface area contributed by atoms with Crippen molar-refractivity contribution in [2.75, 3.05) is 5.01 Å². The van der Waals surface area contributed by atoms with Gasteiger partial charge in [-0.1, -0.05) is 58.6 Å². The zero-order valence-electron chi connectivity index (χ0n) is 15.9. The lowest BCUT2D eigenvalue weighted by molar-refractivity contribution is 0.0857. The van der Waals surface area contributed by atoms with Crippen molar-refractivity contribution in [1.82, 2.24) is 9.66 Å².